The molecule has 0 saturated carbocycles. The Bertz CT molecular complexity index is 637. The third kappa shape index (κ3) is 3.77. The number of nitrogens with two attached hydrogens (primary N) is 1. The van der Waals surface area contributed by atoms with Crippen molar-refractivity contribution in [2.24, 2.45) is 12.9 Å². The van der Waals surface area contributed by atoms with Crippen molar-refractivity contribution in [3.63, 3.8) is 0 Å². The molecule has 1 heterocycles. The van der Waals surface area contributed by atoms with Crippen LogP contribution in [0.5, 0.6) is 0 Å². The number of hydrogen-bond donors (Lipinski definition) is 2. The zero-order chi connectivity index (χ0) is 15.6. The Balaban J connectivity index is 2.17. The van der Waals surface area contributed by atoms with Gasteiger partial charge < -0.3 is 0 Å². The molecule has 2 rings (SSSR count). The van der Waals surface area contributed by atoms with Gasteiger partial charge in [0.05, 0.1) is 5.69 Å². The van der Waals surface area contributed by atoms with E-state index in [0.717, 1.165) is 29.8 Å². The second-order valence-corrected chi connectivity index (χ2v) is 6.12. The van der Waals surface area contributed by atoms with E-state index in [2.05, 4.69) is 17.4 Å². The Labute approximate surface area is 135 Å². The van der Waals surface area contributed by atoms with Crippen molar-refractivity contribution in [3.8, 4) is 0 Å². The summed E-state index contributed by atoms with van der Waals surface area (Å²) in [5.74, 6) is 5.71. The minimum Gasteiger partial charge on any atom is -0.272 e. The lowest BCUT2D eigenvalue weighted by Gasteiger charge is -2.17. The fourth-order valence-electron chi connectivity index (χ4n) is 2.50. The summed E-state index contributed by atoms with van der Waals surface area (Å²) in [5.41, 5.74) is 7.34. The molecular weight excluding hydrogens is 307 g/mol. The molecule has 0 bridgehead atoms. The maximum Gasteiger partial charge on any atom is 0.0628 e. The van der Waals surface area contributed by atoms with Gasteiger partial charge >= 0.3 is 0 Å². The molecule has 4 nitrogen and oxygen atoms in total. The molecule has 0 spiro atoms. The Morgan fingerprint density at radius 1 is 1.29 bits per heavy atom. The molecule has 0 fully saturated rings. The van der Waals surface area contributed by atoms with Crippen LogP contribution in [0.2, 0.25) is 10.0 Å². The van der Waals surface area contributed by atoms with Gasteiger partial charge in [0.15, 0.2) is 0 Å². The number of nitrogens with one attached hydrogen (secondary N) is 1. The van der Waals surface area contributed by atoms with Gasteiger partial charge in [-0.1, -0.05) is 29.3 Å². The third-order valence-corrected chi connectivity index (χ3v) is 4.41. The minimum absolute atomic E-state index is 0.0882. The highest BCUT2D eigenvalue weighted by Crippen LogP contribution is 2.23. The molecule has 2 aromatic rings. The summed E-state index contributed by atoms with van der Waals surface area (Å²) in [7, 11) is 1.95. The summed E-state index contributed by atoms with van der Waals surface area (Å²) in [5, 5.41) is 5.75. The first-order valence-electron chi connectivity index (χ1n) is 6.81. The van der Waals surface area contributed by atoms with Gasteiger partial charge in [-0.25, -0.2) is 0 Å². The van der Waals surface area contributed by atoms with Gasteiger partial charge in [0.25, 0.3) is 0 Å². The van der Waals surface area contributed by atoms with E-state index >= 15 is 0 Å². The number of aromatic nitrogens is 2. The lowest BCUT2D eigenvalue weighted by atomic mass is 9.98. The highest BCUT2D eigenvalue weighted by molar-refractivity contribution is 6.35. The largest absolute Gasteiger partial charge is 0.272 e. The zero-order valence-electron chi connectivity index (χ0n) is 12.5. The van der Waals surface area contributed by atoms with Crippen LogP contribution < -0.4 is 11.3 Å². The van der Waals surface area contributed by atoms with Crippen LogP contribution in [0.4, 0.5) is 0 Å². The van der Waals surface area contributed by atoms with E-state index in [1.165, 1.54) is 5.56 Å². The first-order chi connectivity index (χ1) is 9.92. The minimum atomic E-state index is 0.0882. The number of rotatable bonds is 5. The van der Waals surface area contributed by atoms with Gasteiger partial charge in [-0.2, -0.15) is 5.10 Å². The summed E-state index contributed by atoms with van der Waals surface area (Å²) in [6, 6.07) is 5.63. The first-order valence-corrected chi connectivity index (χ1v) is 7.57. The molecule has 6 heteroatoms. The third-order valence-electron chi connectivity index (χ3n) is 3.83. The predicted molar refractivity (Wildman–Crippen MR) is 87.7 cm³/mol. The highest BCUT2D eigenvalue weighted by atomic mass is 35.5. The number of hydrazine groups is 1. The molecule has 0 saturated heterocycles. The summed E-state index contributed by atoms with van der Waals surface area (Å²) in [6.45, 7) is 4.09. The first kappa shape index (κ1) is 16.3. The van der Waals surface area contributed by atoms with Crippen molar-refractivity contribution in [1.82, 2.24) is 15.2 Å². The molecular formula is C15H20Cl2N4. The van der Waals surface area contributed by atoms with Crippen molar-refractivity contribution in [2.45, 2.75) is 32.7 Å². The van der Waals surface area contributed by atoms with Crippen LogP contribution >= 0.6 is 23.2 Å². The molecule has 1 aromatic heterocycles. The number of hydrogen-bond acceptors (Lipinski definition) is 3. The van der Waals surface area contributed by atoms with E-state index in [1.54, 1.807) is 6.07 Å². The Morgan fingerprint density at radius 2 is 2.00 bits per heavy atom. The molecule has 1 aromatic carbocycles. The molecule has 0 radical (unpaired) electrons. The van der Waals surface area contributed by atoms with E-state index in [0.29, 0.717) is 10.0 Å². The van der Waals surface area contributed by atoms with Gasteiger partial charge in [0.2, 0.25) is 0 Å². The summed E-state index contributed by atoms with van der Waals surface area (Å²) in [6.07, 6.45) is 1.54. The molecule has 1 unspecified atom stereocenters. The lowest BCUT2D eigenvalue weighted by molar-refractivity contribution is 0.520. The smallest absolute Gasteiger partial charge is 0.0628 e. The van der Waals surface area contributed by atoms with E-state index in [9.17, 15) is 0 Å². The van der Waals surface area contributed by atoms with Crippen LogP contribution in [0, 0.1) is 13.8 Å². The molecule has 0 amide bonds. The summed E-state index contributed by atoms with van der Waals surface area (Å²) >= 11 is 12.2. The summed E-state index contributed by atoms with van der Waals surface area (Å²) < 4.78 is 1.90. The monoisotopic (exact) mass is 326 g/mol. The zero-order valence-corrected chi connectivity index (χ0v) is 14.0. The van der Waals surface area contributed by atoms with Crippen LogP contribution in [0.3, 0.4) is 0 Å². The van der Waals surface area contributed by atoms with Crippen molar-refractivity contribution >= 4 is 23.2 Å². The summed E-state index contributed by atoms with van der Waals surface area (Å²) in [4.78, 5) is 0. The predicted octanol–water partition coefficient (Wildman–Crippen LogP) is 2.96. The number of halogens is 2. The molecule has 1 atom stereocenters. The average Bonchev–Trinajstić information content (AvgIpc) is 2.67. The standard InChI is InChI=1S/C15H20Cl2N4/c1-9-14(10(2)21(3)20-9)8-13(19-18)6-11-4-5-12(16)7-15(11)17/h4-5,7,13,19H,6,8,18H2,1-3H3. The Hall–Kier alpha value is -1.07. The lowest BCUT2D eigenvalue weighted by Crippen LogP contribution is -2.38. The normalized spacial score (nSPS) is 12.7. The fraction of sp³-hybridized carbons (Fsp3) is 0.400. The van der Waals surface area contributed by atoms with Gasteiger partial charge in [-0.3, -0.25) is 16.0 Å². The van der Waals surface area contributed by atoms with Crippen LogP contribution in [-0.2, 0) is 19.9 Å². The SMILES string of the molecule is Cc1nn(C)c(C)c1CC(Cc1ccc(Cl)cc1Cl)NN. The van der Waals surface area contributed by atoms with Crippen LogP contribution in [0.1, 0.15) is 22.5 Å². The molecule has 21 heavy (non-hydrogen) atoms. The van der Waals surface area contributed by atoms with Gasteiger partial charge in [0.1, 0.15) is 0 Å². The van der Waals surface area contributed by atoms with Gasteiger partial charge in [0, 0.05) is 28.8 Å². The second kappa shape index (κ2) is 6.79. The van der Waals surface area contributed by atoms with Gasteiger partial charge in [-0.15, -0.1) is 0 Å². The molecule has 0 aliphatic heterocycles. The Kier molecular flexibility index (Phi) is 5.27. The quantitative estimate of drug-likeness (QED) is 0.656. The van der Waals surface area contributed by atoms with Crippen LogP contribution in [-0.4, -0.2) is 15.8 Å². The van der Waals surface area contributed by atoms with Crippen molar-refractivity contribution in [1.29, 1.82) is 0 Å². The topological polar surface area (TPSA) is 55.9 Å². The molecule has 0 aliphatic rings. The second-order valence-electron chi connectivity index (χ2n) is 5.28. The highest BCUT2D eigenvalue weighted by Gasteiger charge is 2.16. The molecule has 0 aliphatic carbocycles. The van der Waals surface area contributed by atoms with Crippen LogP contribution in [0.25, 0.3) is 0 Å². The maximum absolute atomic E-state index is 6.23. The van der Waals surface area contributed by atoms with E-state index < -0.39 is 0 Å². The van der Waals surface area contributed by atoms with E-state index in [4.69, 9.17) is 29.0 Å². The molecule has 3 N–H and O–H groups in total. The fourth-order valence-corrected chi connectivity index (χ4v) is 2.99. The van der Waals surface area contributed by atoms with Crippen molar-refractivity contribution < 1.29 is 0 Å². The van der Waals surface area contributed by atoms with Crippen molar-refractivity contribution in [2.75, 3.05) is 0 Å². The molecule has 114 valence electrons. The number of benzene rings is 1. The number of aryl methyl sites for hydroxylation is 2. The van der Waals surface area contributed by atoms with Gasteiger partial charge in [-0.05, 0) is 49.9 Å². The van der Waals surface area contributed by atoms with Crippen molar-refractivity contribution in [3.05, 3.63) is 50.8 Å². The van der Waals surface area contributed by atoms with Crippen LogP contribution in [0.15, 0.2) is 18.2 Å². The van der Waals surface area contributed by atoms with E-state index in [1.807, 2.05) is 30.8 Å². The number of nitrogens with zero attached hydrogens (tertiary/aromatic N) is 2. The average molecular weight is 327 g/mol. The Morgan fingerprint density at radius 3 is 2.52 bits per heavy atom. The van der Waals surface area contributed by atoms with E-state index in [-0.39, 0.29) is 6.04 Å². The maximum atomic E-state index is 6.23.